The predicted molar refractivity (Wildman–Crippen MR) is 149 cm³/mol. The summed E-state index contributed by atoms with van der Waals surface area (Å²) >= 11 is 7.34. The van der Waals surface area contributed by atoms with E-state index in [2.05, 4.69) is 34.6 Å². The van der Waals surface area contributed by atoms with Crippen LogP contribution in [0.3, 0.4) is 0 Å². The van der Waals surface area contributed by atoms with E-state index in [1.165, 1.54) is 77.0 Å². The van der Waals surface area contributed by atoms with Crippen LogP contribution >= 0.6 is 24.0 Å². The van der Waals surface area contributed by atoms with Gasteiger partial charge in [-0.05, 0) is 129 Å². The molecule has 4 rings (SSSR count). The average Bonchev–Trinajstić information content (AvgIpc) is 3.11. The van der Waals surface area contributed by atoms with Gasteiger partial charge in [0.25, 0.3) is 0 Å². The molecule has 0 aromatic rings. The lowest BCUT2D eigenvalue weighted by Gasteiger charge is -2.61. The second-order valence-corrected chi connectivity index (χ2v) is 15.3. The van der Waals surface area contributed by atoms with Crippen LogP contribution in [0.2, 0.25) is 0 Å². The lowest BCUT2D eigenvalue weighted by Crippen LogP contribution is -2.54. The van der Waals surface area contributed by atoms with E-state index in [1.807, 2.05) is 18.7 Å². The zero-order valence-corrected chi connectivity index (χ0v) is 24.2. The molecule has 0 aromatic carbocycles. The quantitative estimate of drug-likeness (QED) is 0.327. The molecule has 9 atom stereocenters. The number of rotatable bonds is 7. The molecule has 0 spiro atoms. The summed E-state index contributed by atoms with van der Waals surface area (Å²) in [6.07, 6.45) is 17.5. The maximum absolute atomic E-state index is 5.61. The Kier molecular flexibility index (Phi) is 8.53. The fourth-order valence-electron chi connectivity index (χ4n) is 9.64. The van der Waals surface area contributed by atoms with E-state index in [9.17, 15) is 0 Å². The van der Waals surface area contributed by atoms with Gasteiger partial charge in [-0.25, -0.2) is 0 Å². The van der Waals surface area contributed by atoms with Crippen LogP contribution in [0.1, 0.15) is 119 Å². The SMILES string of the molecule is CCOC(=S)SC1CC[C@@]2(C)[C@@H](CC[C@@H]3[C@@H]2CC[C@]2(C)[C@@H]([C@H](C)CCCC(C)C)CC[C@@H]32)C1. The minimum absolute atomic E-state index is 0.579. The molecule has 1 unspecified atom stereocenters. The van der Waals surface area contributed by atoms with E-state index in [-0.39, 0.29) is 0 Å². The van der Waals surface area contributed by atoms with Crippen molar-refractivity contribution in [3.8, 4) is 0 Å². The van der Waals surface area contributed by atoms with Crippen LogP contribution in [0.4, 0.5) is 0 Å². The maximum Gasteiger partial charge on any atom is 0.220 e. The number of fused-ring (bicyclic) bond motifs is 5. The second kappa shape index (κ2) is 10.7. The molecule has 4 aliphatic carbocycles. The summed E-state index contributed by atoms with van der Waals surface area (Å²) in [7, 11) is 0. The van der Waals surface area contributed by atoms with Crippen LogP contribution in [0, 0.1) is 52.3 Å². The van der Waals surface area contributed by atoms with Gasteiger partial charge in [0.15, 0.2) is 0 Å². The first-order valence-corrected chi connectivity index (χ1v) is 15.8. The Labute approximate surface area is 215 Å². The van der Waals surface area contributed by atoms with Crippen molar-refractivity contribution in [1.29, 1.82) is 0 Å². The van der Waals surface area contributed by atoms with Crippen LogP contribution in [0.5, 0.6) is 0 Å². The molecule has 0 amide bonds. The van der Waals surface area contributed by atoms with Gasteiger partial charge in [0.2, 0.25) is 4.38 Å². The Balaban J connectivity index is 1.40. The zero-order chi connectivity index (χ0) is 23.8. The Morgan fingerprint density at radius 3 is 2.39 bits per heavy atom. The lowest BCUT2D eigenvalue weighted by molar-refractivity contribution is -0.113. The molecule has 0 N–H and O–H groups in total. The summed E-state index contributed by atoms with van der Waals surface area (Å²) in [5.41, 5.74) is 1.20. The highest BCUT2D eigenvalue weighted by molar-refractivity contribution is 8.23. The first kappa shape index (κ1) is 26.3. The smallest absolute Gasteiger partial charge is 0.220 e. The van der Waals surface area contributed by atoms with Crippen molar-refractivity contribution < 1.29 is 4.74 Å². The van der Waals surface area contributed by atoms with E-state index in [0.29, 0.717) is 22.7 Å². The molecule has 1 nitrogen and oxygen atoms in total. The van der Waals surface area contributed by atoms with E-state index in [1.54, 1.807) is 0 Å². The standard InChI is InChI=1S/C30H52OS2/c1-7-31-28(32)33-23-15-17-29(5)22(19-23)11-12-24-26-14-13-25(21(4)10-8-9-20(2)3)30(26,6)18-16-27(24)29/h20-27H,7-19H2,1-6H3/t21-,22+,23?,24+,25-,26+,27+,29+,30-/m1/s1. The largest absolute Gasteiger partial charge is 0.479 e. The molecule has 33 heavy (non-hydrogen) atoms. The van der Waals surface area contributed by atoms with Crippen molar-refractivity contribution in [3.63, 3.8) is 0 Å². The molecule has 0 heterocycles. The summed E-state index contributed by atoms with van der Waals surface area (Å²) in [6, 6.07) is 0. The second-order valence-electron chi connectivity index (χ2n) is 13.4. The summed E-state index contributed by atoms with van der Waals surface area (Å²) in [5.74, 6) is 6.66. The van der Waals surface area contributed by atoms with Crippen LogP contribution in [-0.2, 0) is 4.74 Å². The number of hydrogen-bond donors (Lipinski definition) is 0. The Morgan fingerprint density at radius 1 is 0.939 bits per heavy atom. The minimum atomic E-state index is 0.579. The fourth-order valence-corrected chi connectivity index (χ4v) is 11.2. The summed E-state index contributed by atoms with van der Waals surface area (Å²) in [5, 5.41) is 0.690. The third-order valence-corrected chi connectivity index (χ3v) is 12.8. The van der Waals surface area contributed by atoms with E-state index >= 15 is 0 Å². The van der Waals surface area contributed by atoms with Gasteiger partial charge in [-0.2, -0.15) is 0 Å². The molecule has 0 saturated heterocycles. The minimum Gasteiger partial charge on any atom is -0.479 e. The van der Waals surface area contributed by atoms with Crippen LogP contribution in [0.25, 0.3) is 0 Å². The van der Waals surface area contributed by atoms with E-state index < -0.39 is 0 Å². The van der Waals surface area contributed by atoms with Crippen molar-refractivity contribution in [2.24, 2.45) is 52.3 Å². The number of thioether (sulfide) groups is 1. The molecule has 4 aliphatic rings. The zero-order valence-electron chi connectivity index (χ0n) is 22.5. The highest BCUT2D eigenvalue weighted by atomic mass is 32.2. The topological polar surface area (TPSA) is 9.23 Å². The van der Waals surface area contributed by atoms with Crippen LogP contribution < -0.4 is 0 Å². The average molecular weight is 493 g/mol. The first-order valence-electron chi connectivity index (χ1n) is 14.5. The summed E-state index contributed by atoms with van der Waals surface area (Å²) in [4.78, 5) is 0. The predicted octanol–water partition coefficient (Wildman–Crippen LogP) is 9.53. The number of ether oxygens (including phenoxy) is 1. The van der Waals surface area contributed by atoms with Crippen molar-refractivity contribution in [1.82, 2.24) is 0 Å². The maximum atomic E-state index is 5.61. The molecular weight excluding hydrogens is 440 g/mol. The lowest BCUT2D eigenvalue weighted by atomic mass is 9.44. The van der Waals surface area contributed by atoms with Crippen LogP contribution in [0.15, 0.2) is 0 Å². The summed E-state index contributed by atoms with van der Waals surface area (Å²) in [6.45, 7) is 15.6. The molecule has 0 aromatic heterocycles. The number of thiocarbonyl (C=S) groups is 1. The Hall–Kier alpha value is 0.240. The molecule has 0 bridgehead atoms. The van der Waals surface area contributed by atoms with Crippen molar-refractivity contribution in [3.05, 3.63) is 0 Å². The Bertz CT molecular complexity index is 676. The third-order valence-electron chi connectivity index (χ3n) is 11.3. The first-order chi connectivity index (χ1) is 15.7. The van der Waals surface area contributed by atoms with Gasteiger partial charge in [0.1, 0.15) is 0 Å². The van der Waals surface area contributed by atoms with Crippen molar-refractivity contribution in [2.75, 3.05) is 6.61 Å². The van der Waals surface area contributed by atoms with Crippen molar-refractivity contribution >= 4 is 28.4 Å². The van der Waals surface area contributed by atoms with Gasteiger partial charge in [-0.3, -0.25) is 0 Å². The Morgan fingerprint density at radius 2 is 1.67 bits per heavy atom. The normalized spacial score (nSPS) is 43.5. The molecule has 3 heteroatoms. The number of hydrogen-bond acceptors (Lipinski definition) is 3. The molecular formula is C30H52OS2. The molecule has 0 radical (unpaired) electrons. The summed E-state index contributed by atoms with van der Waals surface area (Å²) < 4.78 is 6.39. The van der Waals surface area contributed by atoms with Crippen LogP contribution in [-0.4, -0.2) is 16.2 Å². The molecule has 4 fully saturated rings. The monoisotopic (exact) mass is 492 g/mol. The van der Waals surface area contributed by atoms with Gasteiger partial charge < -0.3 is 4.74 Å². The van der Waals surface area contributed by atoms with Gasteiger partial charge in [0, 0.05) is 5.25 Å². The van der Waals surface area contributed by atoms with Gasteiger partial charge in [-0.1, -0.05) is 65.6 Å². The van der Waals surface area contributed by atoms with Gasteiger partial charge in [0.05, 0.1) is 6.61 Å². The molecule has 4 saturated carbocycles. The fraction of sp³-hybridized carbons (Fsp3) is 0.967. The molecule has 190 valence electrons. The molecule has 0 aliphatic heterocycles. The third kappa shape index (κ3) is 5.21. The van der Waals surface area contributed by atoms with E-state index in [4.69, 9.17) is 17.0 Å². The van der Waals surface area contributed by atoms with E-state index in [0.717, 1.165) is 45.8 Å². The highest BCUT2D eigenvalue weighted by Crippen LogP contribution is 2.68. The van der Waals surface area contributed by atoms with Gasteiger partial charge in [-0.15, -0.1) is 0 Å². The van der Waals surface area contributed by atoms with Gasteiger partial charge >= 0.3 is 0 Å². The highest BCUT2D eigenvalue weighted by Gasteiger charge is 2.60. The van der Waals surface area contributed by atoms with Crippen molar-refractivity contribution in [2.45, 2.75) is 124 Å².